The summed E-state index contributed by atoms with van der Waals surface area (Å²) in [5.74, 6) is 0.126. The molecule has 0 saturated heterocycles. The average molecular weight is 391 g/mol. The molecule has 2 heterocycles. The minimum absolute atomic E-state index is 0.0397. The maximum Gasteiger partial charge on any atom is 0.273 e. The molecule has 2 aromatic carbocycles. The number of aromatic nitrogens is 3. The Hall–Kier alpha value is -3.68. The minimum atomic E-state index is -0.311. The maximum atomic E-state index is 12.6. The Morgan fingerprint density at radius 3 is 2.72 bits per heavy atom. The lowest BCUT2D eigenvalue weighted by Crippen LogP contribution is -2.27. The van der Waals surface area contributed by atoms with E-state index in [-0.39, 0.29) is 23.4 Å². The van der Waals surface area contributed by atoms with Crippen molar-refractivity contribution in [1.29, 1.82) is 0 Å². The van der Waals surface area contributed by atoms with Crippen LogP contribution in [0.5, 0.6) is 5.75 Å². The summed E-state index contributed by atoms with van der Waals surface area (Å²) in [7, 11) is 1.60. The monoisotopic (exact) mass is 391 g/mol. The van der Waals surface area contributed by atoms with E-state index in [9.17, 15) is 9.59 Å². The Balaban J connectivity index is 1.40. The first kappa shape index (κ1) is 18.7. The summed E-state index contributed by atoms with van der Waals surface area (Å²) in [4.78, 5) is 24.7. The number of anilines is 1. The molecule has 29 heavy (non-hydrogen) atoms. The summed E-state index contributed by atoms with van der Waals surface area (Å²) in [6.07, 6.45) is 0.514. The molecule has 0 aliphatic carbocycles. The molecule has 8 heteroatoms. The van der Waals surface area contributed by atoms with Crippen LogP contribution in [0.25, 0.3) is 5.69 Å². The molecule has 1 aliphatic rings. The molecule has 0 radical (unpaired) electrons. The van der Waals surface area contributed by atoms with Crippen molar-refractivity contribution in [1.82, 2.24) is 20.3 Å². The number of carbonyl (C=O) groups is 2. The highest BCUT2D eigenvalue weighted by atomic mass is 16.5. The van der Waals surface area contributed by atoms with Gasteiger partial charge in [0.2, 0.25) is 5.91 Å². The number of fused-ring (bicyclic) bond motifs is 1. The van der Waals surface area contributed by atoms with E-state index < -0.39 is 0 Å². The maximum absolute atomic E-state index is 12.6. The van der Waals surface area contributed by atoms with Crippen molar-refractivity contribution in [2.45, 2.75) is 19.3 Å². The average Bonchev–Trinajstić information content (AvgIpc) is 3.27. The number of nitrogens with one attached hydrogen (secondary N) is 2. The SMILES string of the molecule is COc1ccc(-n2nnc(C(=O)NCC[C@H]3C(=O)Nc4ccccc43)c2C)cc1. The van der Waals surface area contributed by atoms with Crippen molar-refractivity contribution in [2.24, 2.45) is 0 Å². The van der Waals surface area contributed by atoms with Gasteiger partial charge in [-0.3, -0.25) is 9.59 Å². The molecule has 3 aromatic rings. The predicted octanol–water partition coefficient (Wildman–Crippen LogP) is 2.44. The summed E-state index contributed by atoms with van der Waals surface area (Å²) in [6.45, 7) is 2.15. The Labute approximate surface area is 167 Å². The largest absolute Gasteiger partial charge is 0.497 e. The van der Waals surface area contributed by atoms with Crippen molar-refractivity contribution < 1.29 is 14.3 Å². The molecule has 148 valence electrons. The predicted molar refractivity (Wildman–Crippen MR) is 107 cm³/mol. The van der Waals surface area contributed by atoms with Crippen molar-refractivity contribution in [3.05, 3.63) is 65.5 Å². The molecule has 0 unspecified atom stereocenters. The highest BCUT2D eigenvalue weighted by Gasteiger charge is 2.29. The highest BCUT2D eigenvalue weighted by Crippen LogP contribution is 2.33. The number of ether oxygens (including phenoxy) is 1. The van der Waals surface area contributed by atoms with Crippen molar-refractivity contribution >= 4 is 17.5 Å². The summed E-state index contributed by atoms with van der Waals surface area (Å²) in [5, 5.41) is 13.8. The molecule has 2 amide bonds. The van der Waals surface area contributed by atoms with Crippen molar-refractivity contribution in [3.8, 4) is 11.4 Å². The number of methoxy groups -OCH3 is 1. The summed E-state index contributed by atoms with van der Waals surface area (Å²) >= 11 is 0. The quantitative estimate of drug-likeness (QED) is 0.673. The second-order valence-electron chi connectivity index (χ2n) is 6.81. The van der Waals surface area contributed by atoms with E-state index in [1.807, 2.05) is 48.5 Å². The van der Waals surface area contributed by atoms with Crippen LogP contribution in [-0.2, 0) is 4.79 Å². The number of rotatable bonds is 6. The van der Waals surface area contributed by atoms with Crippen LogP contribution in [0.1, 0.15) is 34.1 Å². The first-order valence-electron chi connectivity index (χ1n) is 9.33. The third-order valence-corrected chi connectivity index (χ3v) is 5.06. The fraction of sp³-hybridized carbons (Fsp3) is 0.238. The van der Waals surface area contributed by atoms with Gasteiger partial charge in [-0.1, -0.05) is 23.4 Å². The van der Waals surface area contributed by atoms with Gasteiger partial charge >= 0.3 is 0 Å². The Bertz CT molecular complexity index is 1060. The van der Waals surface area contributed by atoms with E-state index in [4.69, 9.17) is 4.74 Å². The van der Waals surface area contributed by atoms with E-state index in [0.717, 1.165) is 22.7 Å². The fourth-order valence-corrected chi connectivity index (χ4v) is 3.48. The minimum Gasteiger partial charge on any atom is -0.497 e. The lowest BCUT2D eigenvalue weighted by Gasteiger charge is -2.09. The van der Waals surface area contributed by atoms with Crippen LogP contribution in [0.3, 0.4) is 0 Å². The van der Waals surface area contributed by atoms with Crippen LogP contribution in [0.15, 0.2) is 48.5 Å². The van der Waals surface area contributed by atoms with Gasteiger partial charge in [0.05, 0.1) is 24.4 Å². The number of benzene rings is 2. The number of hydrogen-bond acceptors (Lipinski definition) is 5. The van der Waals surface area contributed by atoms with Crippen LogP contribution < -0.4 is 15.4 Å². The van der Waals surface area contributed by atoms with Gasteiger partial charge in [0.1, 0.15) is 5.75 Å². The molecule has 0 spiro atoms. The number of hydrogen-bond donors (Lipinski definition) is 2. The van der Waals surface area contributed by atoms with Gasteiger partial charge in [-0.2, -0.15) is 0 Å². The zero-order valence-electron chi connectivity index (χ0n) is 16.2. The van der Waals surface area contributed by atoms with Crippen molar-refractivity contribution in [3.63, 3.8) is 0 Å². The van der Waals surface area contributed by atoms with Crippen LogP contribution >= 0.6 is 0 Å². The van der Waals surface area contributed by atoms with Gasteiger partial charge in [0.25, 0.3) is 5.91 Å². The summed E-state index contributed by atoms with van der Waals surface area (Å²) < 4.78 is 6.76. The Morgan fingerprint density at radius 1 is 1.21 bits per heavy atom. The van der Waals surface area contributed by atoms with Crippen molar-refractivity contribution in [2.75, 3.05) is 19.0 Å². The smallest absolute Gasteiger partial charge is 0.273 e. The number of amides is 2. The van der Waals surface area contributed by atoms with Crippen LogP contribution in [0, 0.1) is 6.92 Å². The lowest BCUT2D eigenvalue weighted by molar-refractivity contribution is -0.117. The van der Waals surface area contributed by atoms with Crippen LogP contribution in [-0.4, -0.2) is 40.5 Å². The number of para-hydroxylation sites is 1. The Morgan fingerprint density at radius 2 is 1.97 bits per heavy atom. The third kappa shape index (κ3) is 3.56. The molecular formula is C21H21N5O3. The topological polar surface area (TPSA) is 98.1 Å². The highest BCUT2D eigenvalue weighted by molar-refractivity contribution is 6.02. The van der Waals surface area contributed by atoms with E-state index in [0.29, 0.717) is 18.7 Å². The zero-order valence-corrected chi connectivity index (χ0v) is 16.2. The van der Waals surface area contributed by atoms with Gasteiger partial charge in [-0.25, -0.2) is 4.68 Å². The molecule has 4 rings (SSSR count). The fourth-order valence-electron chi connectivity index (χ4n) is 3.48. The molecule has 0 saturated carbocycles. The molecule has 1 atom stereocenters. The Kier molecular flexibility index (Phi) is 4.99. The van der Waals surface area contributed by atoms with E-state index >= 15 is 0 Å². The molecule has 1 aromatic heterocycles. The summed E-state index contributed by atoms with van der Waals surface area (Å²) in [6, 6.07) is 14.9. The van der Waals surface area contributed by atoms with Gasteiger partial charge in [0, 0.05) is 12.2 Å². The van der Waals surface area contributed by atoms with Gasteiger partial charge in [-0.05, 0) is 49.2 Å². The molecule has 8 nitrogen and oxygen atoms in total. The van der Waals surface area contributed by atoms with Crippen LogP contribution in [0.4, 0.5) is 5.69 Å². The van der Waals surface area contributed by atoms with E-state index in [2.05, 4.69) is 20.9 Å². The second kappa shape index (κ2) is 7.75. The first-order chi connectivity index (χ1) is 14.1. The lowest BCUT2D eigenvalue weighted by atomic mass is 9.97. The van der Waals surface area contributed by atoms with E-state index in [1.54, 1.807) is 18.7 Å². The normalized spacial score (nSPS) is 15.0. The number of nitrogens with zero attached hydrogens (tertiary/aromatic N) is 3. The van der Waals surface area contributed by atoms with Gasteiger partial charge in [0.15, 0.2) is 5.69 Å². The first-order valence-corrected chi connectivity index (χ1v) is 9.33. The molecule has 2 N–H and O–H groups in total. The van der Waals surface area contributed by atoms with Gasteiger partial charge < -0.3 is 15.4 Å². The standard InChI is InChI=1S/C21H21N5O3/c1-13-19(24-25-26(13)14-7-9-15(29-2)10-8-14)21(28)22-12-11-17-16-5-3-4-6-18(16)23-20(17)27/h3-10,17H,11-12H2,1-2H3,(H,22,28)(H,23,27)/t17-/m1/s1. The summed E-state index contributed by atoms with van der Waals surface area (Å²) in [5.41, 5.74) is 3.49. The number of carbonyl (C=O) groups excluding carboxylic acids is 2. The third-order valence-electron chi connectivity index (χ3n) is 5.06. The molecule has 0 bridgehead atoms. The molecule has 0 fully saturated rings. The molecule has 1 aliphatic heterocycles. The molecular weight excluding hydrogens is 370 g/mol. The van der Waals surface area contributed by atoms with Gasteiger partial charge in [-0.15, -0.1) is 5.10 Å². The zero-order chi connectivity index (χ0) is 20.4. The van der Waals surface area contributed by atoms with Crippen LogP contribution in [0.2, 0.25) is 0 Å². The second-order valence-corrected chi connectivity index (χ2v) is 6.81. The van der Waals surface area contributed by atoms with E-state index in [1.165, 1.54) is 0 Å².